The number of rotatable bonds is 2. The van der Waals surface area contributed by atoms with E-state index in [1.165, 1.54) is 5.69 Å². The highest BCUT2D eigenvalue weighted by atomic mass is 16.5. The predicted octanol–water partition coefficient (Wildman–Crippen LogP) is 1.78. The molecule has 2 aliphatic heterocycles. The van der Waals surface area contributed by atoms with Crippen molar-refractivity contribution >= 4 is 5.69 Å². The Morgan fingerprint density at radius 3 is 2.79 bits per heavy atom. The van der Waals surface area contributed by atoms with Gasteiger partial charge in [-0.2, -0.15) is 0 Å². The Bertz CT molecular complexity index is 430. The molecule has 0 unspecified atom stereocenters. The van der Waals surface area contributed by atoms with E-state index in [9.17, 15) is 0 Å². The molecule has 2 aliphatic rings. The van der Waals surface area contributed by atoms with Crippen molar-refractivity contribution in [3.05, 3.63) is 24.3 Å². The van der Waals surface area contributed by atoms with Crippen molar-refractivity contribution in [3.8, 4) is 5.75 Å². The number of nitrogens with zero attached hydrogens (tertiary/aromatic N) is 1. The highest BCUT2D eigenvalue weighted by molar-refractivity contribution is 5.59. The normalized spacial score (nSPS) is 22.3. The van der Waals surface area contributed by atoms with Gasteiger partial charge in [0.1, 0.15) is 5.75 Å². The van der Waals surface area contributed by atoms with Crippen molar-refractivity contribution < 1.29 is 9.47 Å². The average Bonchev–Trinajstić information content (AvgIpc) is 2.62. The first-order valence-corrected chi connectivity index (χ1v) is 7.10. The van der Waals surface area contributed by atoms with Gasteiger partial charge in [0.2, 0.25) is 0 Å². The summed E-state index contributed by atoms with van der Waals surface area (Å²) in [5, 5.41) is 0. The lowest BCUT2D eigenvalue weighted by Gasteiger charge is -2.38. The van der Waals surface area contributed by atoms with Crippen LogP contribution in [0, 0.1) is 0 Å². The Kier molecular flexibility index (Phi) is 3.62. The molecule has 0 radical (unpaired) electrons. The summed E-state index contributed by atoms with van der Waals surface area (Å²) < 4.78 is 11.2. The molecule has 4 heteroatoms. The Morgan fingerprint density at radius 2 is 1.95 bits per heavy atom. The molecule has 0 aliphatic carbocycles. The maximum atomic E-state index is 6.54. The molecule has 2 heterocycles. The summed E-state index contributed by atoms with van der Waals surface area (Å²) in [5.41, 5.74) is 7.58. The summed E-state index contributed by atoms with van der Waals surface area (Å²) in [6, 6.07) is 8.26. The molecule has 1 fully saturated rings. The van der Waals surface area contributed by atoms with E-state index in [0.717, 1.165) is 57.9 Å². The quantitative estimate of drug-likeness (QED) is 0.882. The van der Waals surface area contributed by atoms with Crippen LogP contribution in [-0.2, 0) is 4.74 Å². The van der Waals surface area contributed by atoms with Gasteiger partial charge in [-0.1, -0.05) is 12.1 Å². The first-order valence-electron chi connectivity index (χ1n) is 7.10. The monoisotopic (exact) mass is 262 g/mol. The van der Waals surface area contributed by atoms with E-state index in [1.54, 1.807) is 0 Å². The largest absolute Gasteiger partial charge is 0.491 e. The lowest BCUT2D eigenvalue weighted by atomic mass is 9.90. The van der Waals surface area contributed by atoms with Gasteiger partial charge in [-0.25, -0.2) is 0 Å². The van der Waals surface area contributed by atoms with Crippen LogP contribution in [-0.4, -0.2) is 38.4 Å². The summed E-state index contributed by atoms with van der Waals surface area (Å²) in [6.45, 7) is 4.24. The average molecular weight is 262 g/mol. The van der Waals surface area contributed by atoms with Gasteiger partial charge in [0.05, 0.1) is 12.3 Å². The maximum Gasteiger partial charge on any atom is 0.142 e. The van der Waals surface area contributed by atoms with E-state index in [-0.39, 0.29) is 5.54 Å². The summed E-state index contributed by atoms with van der Waals surface area (Å²) >= 11 is 0. The topological polar surface area (TPSA) is 47.7 Å². The number of nitrogens with two attached hydrogens (primary N) is 1. The second kappa shape index (κ2) is 5.39. The van der Waals surface area contributed by atoms with E-state index in [4.69, 9.17) is 15.2 Å². The molecule has 0 bridgehead atoms. The van der Waals surface area contributed by atoms with Gasteiger partial charge >= 0.3 is 0 Å². The van der Waals surface area contributed by atoms with Gasteiger partial charge in [0, 0.05) is 31.8 Å². The highest BCUT2D eigenvalue weighted by Crippen LogP contribution is 2.32. The zero-order valence-corrected chi connectivity index (χ0v) is 11.3. The molecule has 1 saturated heterocycles. The number of fused-ring (bicyclic) bond motifs is 1. The van der Waals surface area contributed by atoms with Gasteiger partial charge in [0.25, 0.3) is 0 Å². The summed E-state index contributed by atoms with van der Waals surface area (Å²) in [7, 11) is 0. The van der Waals surface area contributed by atoms with E-state index < -0.39 is 0 Å². The minimum absolute atomic E-state index is 0.129. The molecule has 19 heavy (non-hydrogen) atoms. The number of para-hydroxylation sites is 2. The fourth-order valence-corrected chi connectivity index (χ4v) is 2.88. The summed E-state index contributed by atoms with van der Waals surface area (Å²) in [4.78, 5) is 2.38. The van der Waals surface area contributed by atoms with Crippen LogP contribution in [0.25, 0.3) is 0 Å². The van der Waals surface area contributed by atoms with Crippen LogP contribution in [0.3, 0.4) is 0 Å². The maximum absolute atomic E-state index is 6.54. The Balaban J connectivity index is 1.80. The van der Waals surface area contributed by atoms with Crippen molar-refractivity contribution in [1.29, 1.82) is 0 Å². The van der Waals surface area contributed by atoms with E-state index >= 15 is 0 Å². The van der Waals surface area contributed by atoms with E-state index in [2.05, 4.69) is 17.0 Å². The third-order valence-corrected chi connectivity index (χ3v) is 4.03. The van der Waals surface area contributed by atoms with Crippen molar-refractivity contribution in [1.82, 2.24) is 0 Å². The molecule has 1 aromatic carbocycles. The van der Waals surface area contributed by atoms with Crippen molar-refractivity contribution in [3.63, 3.8) is 0 Å². The molecule has 3 rings (SSSR count). The number of anilines is 1. The minimum Gasteiger partial charge on any atom is -0.491 e. The summed E-state index contributed by atoms with van der Waals surface area (Å²) in [5.74, 6) is 0.982. The lowest BCUT2D eigenvalue weighted by Crippen LogP contribution is -2.53. The zero-order chi connectivity index (χ0) is 13.1. The van der Waals surface area contributed by atoms with Crippen LogP contribution in [0.15, 0.2) is 24.3 Å². The number of ether oxygens (including phenoxy) is 2. The van der Waals surface area contributed by atoms with Crippen molar-refractivity contribution in [2.24, 2.45) is 5.73 Å². The second-order valence-electron chi connectivity index (χ2n) is 5.57. The Labute approximate surface area is 114 Å². The standard InChI is InChI=1S/C15H22N2O2/c16-15(6-10-18-11-7-15)12-17-8-3-9-19-14-5-2-1-4-13(14)17/h1-2,4-5H,3,6-12,16H2. The molecule has 0 saturated carbocycles. The third kappa shape index (κ3) is 2.85. The predicted molar refractivity (Wildman–Crippen MR) is 75.7 cm³/mol. The fourth-order valence-electron chi connectivity index (χ4n) is 2.88. The zero-order valence-electron chi connectivity index (χ0n) is 11.3. The van der Waals surface area contributed by atoms with Crippen LogP contribution >= 0.6 is 0 Å². The second-order valence-corrected chi connectivity index (χ2v) is 5.57. The first-order chi connectivity index (χ1) is 9.27. The molecule has 0 aromatic heterocycles. The van der Waals surface area contributed by atoms with Gasteiger partial charge in [-0.3, -0.25) is 0 Å². The molecule has 4 nitrogen and oxygen atoms in total. The smallest absolute Gasteiger partial charge is 0.142 e. The van der Waals surface area contributed by atoms with Crippen molar-refractivity contribution in [2.75, 3.05) is 37.8 Å². The molecule has 104 valence electrons. The number of benzene rings is 1. The molecular formula is C15H22N2O2. The van der Waals surface area contributed by atoms with Gasteiger partial charge in [-0.15, -0.1) is 0 Å². The Morgan fingerprint density at radius 1 is 1.16 bits per heavy atom. The van der Waals surface area contributed by atoms with Crippen LogP contribution in [0.2, 0.25) is 0 Å². The SMILES string of the molecule is NC1(CN2CCCOc3ccccc32)CCOCC1. The molecule has 0 amide bonds. The fraction of sp³-hybridized carbons (Fsp3) is 0.600. The van der Waals surface area contributed by atoms with Gasteiger partial charge < -0.3 is 20.1 Å². The van der Waals surface area contributed by atoms with Crippen molar-refractivity contribution in [2.45, 2.75) is 24.8 Å². The van der Waals surface area contributed by atoms with E-state index in [1.807, 2.05) is 12.1 Å². The Hall–Kier alpha value is -1.26. The molecule has 1 aromatic rings. The minimum atomic E-state index is -0.129. The number of hydrogen-bond acceptors (Lipinski definition) is 4. The van der Waals surface area contributed by atoms with E-state index in [0.29, 0.717) is 0 Å². The molecular weight excluding hydrogens is 240 g/mol. The van der Waals surface area contributed by atoms with Crippen LogP contribution < -0.4 is 15.4 Å². The highest BCUT2D eigenvalue weighted by Gasteiger charge is 2.31. The molecule has 0 spiro atoms. The summed E-state index contributed by atoms with van der Waals surface area (Å²) in [6.07, 6.45) is 2.92. The molecule has 0 atom stereocenters. The van der Waals surface area contributed by atoms with Gasteiger partial charge in [0.15, 0.2) is 0 Å². The third-order valence-electron chi connectivity index (χ3n) is 4.03. The van der Waals surface area contributed by atoms with Gasteiger partial charge in [-0.05, 0) is 31.4 Å². The molecule has 2 N–H and O–H groups in total. The first kappa shape index (κ1) is 12.8. The van der Waals surface area contributed by atoms with Crippen LogP contribution in [0.4, 0.5) is 5.69 Å². The lowest BCUT2D eigenvalue weighted by molar-refractivity contribution is 0.0554. The van der Waals surface area contributed by atoms with Crippen LogP contribution in [0.1, 0.15) is 19.3 Å². The van der Waals surface area contributed by atoms with Crippen LogP contribution in [0.5, 0.6) is 5.75 Å². The number of hydrogen-bond donors (Lipinski definition) is 1.